The van der Waals surface area contributed by atoms with Crippen molar-refractivity contribution in [3.63, 3.8) is 0 Å². The van der Waals surface area contributed by atoms with Crippen LogP contribution in [-0.2, 0) is 0 Å². The first-order chi connectivity index (χ1) is 6.72. The van der Waals surface area contributed by atoms with Gasteiger partial charge in [0.2, 0.25) is 0 Å². The molecular weight excluding hydrogens is 172 g/mol. The minimum atomic E-state index is 0.521. The second-order valence-corrected chi connectivity index (χ2v) is 3.50. The van der Waals surface area contributed by atoms with Crippen LogP contribution in [0.2, 0.25) is 0 Å². The summed E-state index contributed by atoms with van der Waals surface area (Å²) in [6.45, 7) is 2.16. The van der Waals surface area contributed by atoms with Crippen molar-refractivity contribution in [3.8, 4) is 0 Å². The van der Waals surface area contributed by atoms with Gasteiger partial charge in [-0.2, -0.15) is 0 Å². The predicted molar refractivity (Wildman–Crippen MR) is 63.0 cm³/mol. The number of rotatable bonds is 4. The van der Waals surface area contributed by atoms with Gasteiger partial charge in [-0.05, 0) is 38.1 Å². The van der Waals surface area contributed by atoms with Gasteiger partial charge in [-0.15, -0.1) is 0 Å². The summed E-state index contributed by atoms with van der Waals surface area (Å²) < 4.78 is 0. The molecule has 0 bridgehead atoms. The molecule has 0 spiro atoms. The lowest BCUT2D eigenvalue weighted by atomic mass is 10.1. The molecule has 0 fully saturated rings. The summed E-state index contributed by atoms with van der Waals surface area (Å²) in [5.41, 5.74) is 7.64. The molecule has 0 saturated carbocycles. The van der Waals surface area contributed by atoms with Gasteiger partial charge < -0.3 is 11.1 Å². The van der Waals surface area contributed by atoms with Crippen molar-refractivity contribution in [1.29, 1.82) is 0 Å². The highest BCUT2D eigenvalue weighted by molar-refractivity contribution is 5.55. The minimum absolute atomic E-state index is 0.521. The van der Waals surface area contributed by atoms with Crippen molar-refractivity contribution in [1.82, 2.24) is 5.32 Å². The molecule has 0 amide bonds. The van der Waals surface area contributed by atoms with Crippen LogP contribution < -0.4 is 11.1 Å². The van der Waals surface area contributed by atoms with Crippen molar-refractivity contribution < 1.29 is 0 Å². The van der Waals surface area contributed by atoms with E-state index in [-0.39, 0.29) is 0 Å². The van der Waals surface area contributed by atoms with Crippen LogP contribution in [0.4, 0.5) is 5.69 Å². The Bertz CT molecular complexity index is 305. The van der Waals surface area contributed by atoms with Gasteiger partial charge in [0, 0.05) is 11.7 Å². The maximum absolute atomic E-state index is 5.67. The zero-order chi connectivity index (χ0) is 10.4. The quantitative estimate of drug-likeness (QED) is 0.715. The molecule has 3 N–H and O–H groups in total. The summed E-state index contributed by atoms with van der Waals surface area (Å²) in [6.07, 6.45) is 5.30. The SMILES string of the molecule is CNC(C)CC=Cc1cccc(N)c1. The van der Waals surface area contributed by atoms with E-state index >= 15 is 0 Å². The Kier molecular flexibility index (Phi) is 4.20. The zero-order valence-corrected chi connectivity index (χ0v) is 8.83. The number of hydrogen-bond acceptors (Lipinski definition) is 2. The van der Waals surface area contributed by atoms with E-state index in [4.69, 9.17) is 5.73 Å². The molecule has 0 heterocycles. The Hall–Kier alpha value is -1.28. The van der Waals surface area contributed by atoms with Gasteiger partial charge >= 0.3 is 0 Å². The fraction of sp³-hybridized carbons (Fsp3) is 0.333. The van der Waals surface area contributed by atoms with Crippen molar-refractivity contribution in [3.05, 3.63) is 35.9 Å². The average molecular weight is 190 g/mol. The minimum Gasteiger partial charge on any atom is -0.399 e. The largest absolute Gasteiger partial charge is 0.399 e. The molecule has 1 aromatic carbocycles. The smallest absolute Gasteiger partial charge is 0.0319 e. The van der Waals surface area contributed by atoms with Crippen molar-refractivity contribution >= 4 is 11.8 Å². The molecule has 0 aliphatic carbocycles. The van der Waals surface area contributed by atoms with Crippen molar-refractivity contribution in [2.45, 2.75) is 19.4 Å². The van der Waals surface area contributed by atoms with E-state index in [1.165, 1.54) is 0 Å². The Morgan fingerprint density at radius 3 is 2.93 bits per heavy atom. The van der Waals surface area contributed by atoms with Gasteiger partial charge in [0.15, 0.2) is 0 Å². The van der Waals surface area contributed by atoms with Crippen LogP contribution in [0.3, 0.4) is 0 Å². The summed E-state index contributed by atoms with van der Waals surface area (Å²) in [5, 5.41) is 3.19. The summed E-state index contributed by atoms with van der Waals surface area (Å²) in [5.74, 6) is 0. The fourth-order valence-electron chi connectivity index (χ4n) is 1.19. The molecule has 0 aliphatic heterocycles. The predicted octanol–water partition coefficient (Wildman–Crippen LogP) is 2.28. The highest BCUT2D eigenvalue weighted by atomic mass is 14.8. The maximum Gasteiger partial charge on any atom is 0.0319 e. The first-order valence-electron chi connectivity index (χ1n) is 4.91. The first kappa shape index (κ1) is 10.8. The molecule has 2 heteroatoms. The molecule has 1 unspecified atom stereocenters. The third-order valence-corrected chi connectivity index (χ3v) is 2.20. The molecule has 0 saturated heterocycles. The van der Waals surface area contributed by atoms with E-state index in [1.807, 2.05) is 25.2 Å². The van der Waals surface area contributed by atoms with Gasteiger partial charge in [0.25, 0.3) is 0 Å². The molecular formula is C12H18N2. The normalized spacial score (nSPS) is 13.3. The van der Waals surface area contributed by atoms with Gasteiger partial charge in [0.05, 0.1) is 0 Å². The lowest BCUT2D eigenvalue weighted by Crippen LogP contribution is -2.19. The first-order valence-corrected chi connectivity index (χ1v) is 4.91. The van der Waals surface area contributed by atoms with E-state index in [2.05, 4.69) is 30.5 Å². The van der Waals surface area contributed by atoms with Gasteiger partial charge in [-0.1, -0.05) is 24.3 Å². The number of nitrogens with one attached hydrogen (secondary N) is 1. The van der Waals surface area contributed by atoms with Crippen LogP contribution in [0, 0.1) is 0 Å². The van der Waals surface area contributed by atoms with Crippen LogP contribution in [0.5, 0.6) is 0 Å². The van der Waals surface area contributed by atoms with Crippen LogP contribution in [-0.4, -0.2) is 13.1 Å². The Balaban J connectivity index is 2.51. The van der Waals surface area contributed by atoms with Crippen LogP contribution in [0.1, 0.15) is 18.9 Å². The lowest BCUT2D eigenvalue weighted by molar-refractivity contribution is 0.621. The molecule has 0 radical (unpaired) electrons. The topological polar surface area (TPSA) is 38.0 Å². The molecule has 14 heavy (non-hydrogen) atoms. The van der Waals surface area contributed by atoms with Gasteiger partial charge in [0.1, 0.15) is 0 Å². The number of benzene rings is 1. The zero-order valence-electron chi connectivity index (χ0n) is 8.83. The Morgan fingerprint density at radius 1 is 1.50 bits per heavy atom. The maximum atomic E-state index is 5.67. The van der Waals surface area contributed by atoms with Crippen LogP contribution >= 0.6 is 0 Å². The number of hydrogen-bond donors (Lipinski definition) is 2. The number of nitrogens with two attached hydrogens (primary N) is 1. The van der Waals surface area contributed by atoms with E-state index in [0.29, 0.717) is 6.04 Å². The molecule has 1 aromatic rings. The molecule has 2 nitrogen and oxygen atoms in total. The summed E-state index contributed by atoms with van der Waals surface area (Å²) >= 11 is 0. The summed E-state index contributed by atoms with van der Waals surface area (Å²) in [4.78, 5) is 0. The Morgan fingerprint density at radius 2 is 2.29 bits per heavy atom. The summed E-state index contributed by atoms with van der Waals surface area (Å²) in [6, 6.07) is 8.41. The molecule has 0 aliphatic rings. The van der Waals surface area contributed by atoms with E-state index < -0.39 is 0 Å². The molecule has 0 aromatic heterocycles. The fourth-order valence-corrected chi connectivity index (χ4v) is 1.19. The Labute approximate surface area is 85.8 Å². The van der Waals surface area contributed by atoms with Crippen molar-refractivity contribution in [2.24, 2.45) is 0 Å². The second kappa shape index (κ2) is 5.45. The lowest BCUT2D eigenvalue weighted by Gasteiger charge is -2.04. The van der Waals surface area contributed by atoms with Gasteiger partial charge in [-0.25, -0.2) is 0 Å². The highest BCUT2D eigenvalue weighted by Crippen LogP contribution is 2.08. The number of nitrogen functional groups attached to an aromatic ring is 1. The van der Waals surface area contributed by atoms with Crippen LogP contribution in [0.15, 0.2) is 30.3 Å². The van der Waals surface area contributed by atoms with Crippen molar-refractivity contribution in [2.75, 3.05) is 12.8 Å². The van der Waals surface area contributed by atoms with Crippen LogP contribution in [0.25, 0.3) is 6.08 Å². The average Bonchev–Trinajstić information content (AvgIpc) is 2.17. The second-order valence-electron chi connectivity index (χ2n) is 3.50. The van der Waals surface area contributed by atoms with E-state index in [9.17, 15) is 0 Å². The number of anilines is 1. The molecule has 1 atom stereocenters. The van der Waals surface area contributed by atoms with Gasteiger partial charge in [-0.3, -0.25) is 0 Å². The third-order valence-electron chi connectivity index (χ3n) is 2.20. The molecule has 1 rings (SSSR count). The standard InChI is InChI=1S/C12H18N2/c1-10(14-2)5-3-6-11-7-4-8-12(13)9-11/h3-4,6-10,14H,5,13H2,1-2H3. The van der Waals surface area contributed by atoms with E-state index in [0.717, 1.165) is 17.7 Å². The molecule has 76 valence electrons. The summed E-state index contributed by atoms with van der Waals surface area (Å²) in [7, 11) is 1.97. The van der Waals surface area contributed by atoms with E-state index in [1.54, 1.807) is 0 Å². The highest BCUT2D eigenvalue weighted by Gasteiger charge is 1.92. The monoisotopic (exact) mass is 190 g/mol. The third kappa shape index (κ3) is 3.62.